The van der Waals surface area contributed by atoms with E-state index < -0.39 is 0 Å². The van der Waals surface area contributed by atoms with Crippen molar-refractivity contribution in [2.75, 3.05) is 0 Å². The van der Waals surface area contributed by atoms with Crippen LogP contribution in [0, 0.1) is 0 Å². The van der Waals surface area contributed by atoms with E-state index in [2.05, 4.69) is 150 Å². The number of hydrogen-bond acceptors (Lipinski definition) is 4. The normalized spacial score (nSPS) is 11.8. The van der Waals surface area contributed by atoms with Crippen molar-refractivity contribution >= 4 is 75.1 Å². The van der Waals surface area contributed by atoms with E-state index in [-0.39, 0.29) is 0 Å². The Balaban J connectivity index is 1.12. The van der Waals surface area contributed by atoms with Crippen molar-refractivity contribution in [3.8, 4) is 39.5 Å². The first-order valence-corrected chi connectivity index (χ1v) is 18.3. The number of para-hydroxylation sites is 1. The largest absolute Gasteiger partial charge is 0.309 e. The number of pyridine rings is 1. The van der Waals surface area contributed by atoms with Crippen LogP contribution in [0.15, 0.2) is 170 Å². The van der Waals surface area contributed by atoms with Crippen molar-refractivity contribution in [1.82, 2.24) is 19.5 Å². The Hall–Kier alpha value is -6.69. The van der Waals surface area contributed by atoms with Crippen LogP contribution in [-0.4, -0.2) is 19.5 Å². The second-order valence-corrected chi connectivity index (χ2v) is 14.2. The molecule has 0 amide bonds. The number of hydrogen-bond donors (Lipinski definition) is 0. The highest BCUT2D eigenvalue weighted by Crippen LogP contribution is 2.47. The quantitative estimate of drug-likeness (QED) is 0.186. The summed E-state index contributed by atoms with van der Waals surface area (Å²) in [5.41, 5.74) is 10.2. The summed E-state index contributed by atoms with van der Waals surface area (Å²) in [6, 6.07) is 58.1. The molecule has 7 aromatic carbocycles. The van der Waals surface area contributed by atoms with E-state index in [1.165, 1.54) is 52.8 Å². The first-order chi connectivity index (χ1) is 25.8. The molecule has 0 unspecified atom stereocenters. The van der Waals surface area contributed by atoms with Crippen LogP contribution in [0.2, 0.25) is 0 Å². The predicted molar refractivity (Wildman–Crippen MR) is 218 cm³/mol. The Labute approximate surface area is 302 Å². The van der Waals surface area contributed by atoms with Crippen LogP contribution in [0.25, 0.3) is 103 Å². The number of benzene rings is 7. The van der Waals surface area contributed by atoms with Crippen LogP contribution in [0.5, 0.6) is 0 Å². The summed E-state index contributed by atoms with van der Waals surface area (Å²) < 4.78 is 5.08. The van der Waals surface area contributed by atoms with Crippen molar-refractivity contribution in [3.63, 3.8) is 0 Å². The van der Waals surface area contributed by atoms with Crippen molar-refractivity contribution in [3.05, 3.63) is 170 Å². The van der Waals surface area contributed by atoms with Crippen LogP contribution >= 0.6 is 11.3 Å². The molecular formula is C47H28N4S. The zero-order valence-corrected chi connectivity index (χ0v) is 28.7. The molecule has 11 rings (SSSR count). The highest BCUT2D eigenvalue weighted by molar-refractivity contribution is 7.27. The van der Waals surface area contributed by atoms with Crippen molar-refractivity contribution in [2.24, 2.45) is 0 Å². The fourth-order valence-corrected chi connectivity index (χ4v) is 9.16. The molecule has 4 heterocycles. The second kappa shape index (κ2) is 11.4. The van der Waals surface area contributed by atoms with Gasteiger partial charge < -0.3 is 4.57 Å². The maximum Gasteiger partial charge on any atom is 0.160 e. The fraction of sp³-hybridized carbons (Fsp3) is 0. The number of rotatable bonds is 4. The zero-order chi connectivity index (χ0) is 34.2. The van der Waals surface area contributed by atoms with E-state index in [4.69, 9.17) is 15.0 Å². The van der Waals surface area contributed by atoms with Gasteiger partial charge in [0.2, 0.25) is 0 Å². The van der Waals surface area contributed by atoms with E-state index in [0.29, 0.717) is 5.82 Å². The molecule has 0 aliphatic carbocycles. The number of aromatic nitrogens is 4. The minimum absolute atomic E-state index is 0.673. The maximum atomic E-state index is 5.19. The molecule has 242 valence electrons. The van der Waals surface area contributed by atoms with Crippen molar-refractivity contribution in [1.29, 1.82) is 0 Å². The summed E-state index contributed by atoms with van der Waals surface area (Å²) in [6.07, 6.45) is 1.81. The van der Waals surface area contributed by atoms with Gasteiger partial charge in [0.05, 0.1) is 16.6 Å². The number of nitrogens with zero attached hydrogens (tertiary/aromatic N) is 4. The molecule has 0 bridgehead atoms. The van der Waals surface area contributed by atoms with Crippen LogP contribution in [0.1, 0.15) is 0 Å². The van der Waals surface area contributed by atoms with Crippen LogP contribution in [0.4, 0.5) is 0 Å². The van der Waals surface area contributed by atoms with Gasteiger partial charge in [-0.2, -0.15) is 0 Å². The standard InChI is InChI=1S/C47H28N4S/c1-2-12-29(13-3-1)31-14-10-15-32(28-31)43-44-38(20-11-27-48-44)49-47(50-43)30-23-25-33(26-24-30)51-39-21-8-6-18-36(39)41-34-16-4-5-17-35(34)46-42(45(41)51)37-19-7-9-22-40(37)52-46/h1-28H. The average molecular weight is 681 g/mol. The SMILES string of the molecule is c1ccc(-c2cccc(-c3nc(-c4ccc(-n5c6ccccc6c6c7ccccc7c7sc8ccccc8c7c65)cc4)nc4cccnc34)c2)cc1. The lowest BCUT2D eigenvalue weighted by Gasteiger charge is -2.12. The van der Waals surface area contributed by atoms with Crippen LogP contribution in [-0.2, 0) is 0 Å². The third-order valence-electron chi connectivity index (χ3n) is 10.2. The van der Waals surface area contributed by atoms with Crippen LogP contribution in [0.3, 0.4) is 0 Å². The van der Waals surface area contributed by atoms with Gasteiger partial charge in [-0.05, 0) is 71.1 Å². The lowest BCUT2D eigenvalue weighted by Crippen LogP contribution is -1.98. The Kier molecular flexibility index (Phi) is 6.39. The smallest absolute Gasteiger partial charge is 0.160 e. The minimum atomic E-state index is 0.673. The monoisotopic (exact) mass is 680 g/mol. The van der Waals surface area contributed by atoms with Gasteiger partial charge in [0, 0.05) is 59.3 Å². The van der Waals surface area contributed by atoms with E-state index in [0.717, 1.165) is 44.7 Å². The van der Waals surface area contributed by atoms with Gasteiger partial charge in [0.15, 0.2) is 5.82 Å². The molecule has 0 saturated heterocycles. The first kappa shape index (κ1) is 29.1. The minimum Gasteiger partial charge on any atom is -0.309 e. The Morgan fingerprint density at radius 2 is 1.19 bits per heavy atom. The summed E-state index contributed by atoms with van der Waals surface area (Å²) in [7, 11) is 0. The van der Waals surface area contributed by atoms with Crippen molar-refractivity contribution in [2.45, 2.75) is 0 Å². The third kappa shape index (κ3) is 4.36. The van der Waals surface area contributed by atoms with E-state index in [9.17, 15) is 0 Å². The molecule has 0 saturated carbocycles. The molecule has 11 aromatic rings. The van der Waals surface area contributed by atoms with Crippen LogP contribution < -0.4 is 0 Å². The fourth-order valence-electron chi connectivity index (χ4n) is 7.92. The first-order valence-electron chi connectivity index (χ1n) is 17.4. The van der Waals surface area contributed by atoms with E-state index in [1.54, 1.807) is 0 Å². The average Bonchev–Trinajstić information content (AvgIpc) is 3.78. The zero-order valence-electron chi connectivity index (χ0n) is 27.9. The molecule has 0 aliphatic heterocycles. The molecule has 52 heavy (non-hydrogen) atoms. The molecular weight excluding hydrogens is 653 g/mol. The molecule has 0 N–H and O–H groups in total. The van der Waals surface area contributed by atoms with Gasteiger partial charge >= 0.3 is 0 Å². The summed E-state index contributed by atoms with van der Waals surface area (Å²) in [5.74, 6) is 0.673. The molecule has 4 aromatic heterocycles. The third-order valence-corrected chi connectivity index (χ3v) is 11.4. The topological polar surface area (TPSA) is 43.6 Å². The van der Waals surface area contributed by atoms with Gasteiger partial charge in [-0.25, -0.2) is 9.97 Å². The molecule has 5 heteroatoms. The molecule has 0 fully saturated rings. The van der Waals surface area contributed by atoms with E-state index in [1.807, 2.05) is 35.7 Å². The summed E-state index contributed by atoms with van der Waals surface area (Å²) in [6.45, 7) is 0. The highest BCUT2D eigenvalue weighted by atomic mass is 32.1. The lowest BCUT2D eigenvalue weighted by molar-refractivity contribution is 1.18. The number of fused-ring (bicyclic) bond motifs is 11. The summed E-state index contributed by atoms with van der Waals surface area (Å²) in [5, 5.41) is 7.73. The summed E-state index contributed by atoms with van der Waals surface area (Å²) in [4.78, 5) is 15.0. The maximum absolute atomic E-state index is 5.19. The molecule has 0 radical (unpaired) electrons. The molecule has 0 aliphatic rings. The predicted octanol–water partition coefficient (Wildman–Crippen LogP) is 12.6. The van der Waals surface area contributed by atoms with Gasteiger partial charge in [0.25, 0.3) is 0 Å². The summed E-state index contributed by atoms with van der Waals surface area (Å²) >= 11 is 1.88. The van der Waals surface area contributed by atoms with Gasteiger partial charge in [-0.3, -0.25) is 4.98 Å². The molecule has 0 spiro atoms. The number of thiophene rings is 1. The van der Waals surface area contributed by atoms with Gasteiger partial charge in [-0.1, -0.05) is 109 Å². The Bertz CT molecular complexity index is 3180. The second-order valence-electron chi connectivity index (χ2n) is 13.2. The van der Waals surface area contributed by atoms with Gasteiger partial charge in [-0.15, -0.1) is 11.3 Å². The van der Waals surface area contributed by atoms with Crippen molar-refractivity contribution < 1.29 is 0 Å². The Morgan fingerprint density at radius 1 is 0.481 bits per heavy atom. The highest BCUT2D eigenvalue weighted by Gasteiger charge is 2.22. The molecule has 0 atom stereocenters. The van der Waals surface area contributed by atoms with E-state index >= 15 is 0 Å². The molecule has 4 nitrogen and oxygen atoms in total. The van der Waals surface area contributed by atoms with Gasteiger partial charge in [0.1, 0.15) is 11.2 Å². The lowest BCUT2D eigenvalue weighted by atomic mass is 10.00. The Morgan fingerprint density at radius 3 is 2.06 bits per heavy atom.